The Balaban J connectivity index is 2.96. The maximum atomic E-state index is 12.2. The Morgan fingerprint density at radius 1 is 1.47 bits per heavy atom. The molecule has 0 heterocycles. The first kappa shape index (κ1) is 16.0. The first-order valence-electron chi connectivity index (χ1n) is 5.38. The second kappa shape index (κ2) is 6.38. The molecular weight excluding hydrogens is 327 g/mol. The average Bonchev–Trinajstić information content (AvgIpc) is 2.32. The molecule has 0 saturated carbocycles. The molecule has 0 aliphatic heterocycles. The Hall–Kier alpha value is -1.08. The molecule has 1 unspecified atom stereocenters. The van der Waals surface area contributed by atoms with E-state index in [2.05, 4.69) is 26.0 Å². The fourth-order valence-corrected chi connectivity index (χ4v) is 1.86. The van der Waals surface area contributed by atoms with Crippen molar-refractivity contribution in [2.75, 3.05) is 13.7 Å². The molecule has 106 valence electrons. The van der Waals surface area contributed by atoms with Gasteiger partial charge in [-0.1, -0.05) is 28.1 Å². The number of alkyl halides is 3. The van der Waals surface area contributed by atoms with E-state index in [1.807, 2.05) is 6.92 Å². The number of methoxy groups -OCH3 is 1. The topological polar surface area (TPSA) is 38.3 Å². The van der Waals surface area contributed by atoms with E-state index in [0.717, 1.165) is 12.7 Å². The van der Waals surface area contributed by atoms with Gasteiger partial charge in [-0.25, -0.2) is 4.79 Å². The Labute approximate surface area is 117 Å². The molecule has 0 fully saturated rings. The van der Waals surface area contributed by atoms with Crippen LogP contribution in [-0.2, 0) is 9.53 Å². The molecule has 1 atom stereocenters. The van der Waals surface area contributed by atoms with E-state index in [9.17, 15) is 18.0 Å². The van der Waals surface area contributed by atoms with Crippen LogP contribution in [0, 0.1) is 6.92 Å². The predicted molar refractivity (Wildman–Crippen MR) is 67.7 cm³/mol. The van der Waals surface area contributed by atoms with Crippen LogP contribution in [0.4, 0.5) is 13.2 Å². The molecule has 0 bridgehead atoms. The van der Waals surface area contributed by atoms with Gasteiger partial charge in [0.25, 0.3) is 0 Å². The van der Waals surface area contributed by atoms with Crippen LogP contribution < -0.4 is 5.32 Å². The van der Waals surface area contributed by atoms with E-state index in [4.69, 9.17) is 0 Å². The molecule has 1 rings (SSSR count). The number of hydrogen-bond acceptors (Lipinski definition) is 3. The maximum Gasteiger partial charge on any atom is 0.401 e. The summed E-state index contributed by atoms with van der Waals surface area (Å²) in [7, 11) is 1.13. The van der Waals surface area contributed by atoms with E-state index < -0.39 is 24.7 Å². The molecule has 0 spiro atoms. The van der Waals surface area contributed by atoms with Crippen molar-refractivity contribution in [3.8, 4) is 0 Å². The first-order valence-corrected chi connectivity index (χ1v) is 6.18. The molecule has 3 nitrogen and oxygen atoms in total. The molecule has 0 amide bonds. The van der Waals surface area contributed by atoms with Gasteiger partial charge in [-0.3, -0.25) is 5.32 Å². The number of nitrogens with one attached hydrogen (secondary N) is 1. The summed E-state index contributed by atoms with van der Waals surface area (Å²) in [5, 5.41) is 2.15. The first-order chi connectivity index (χ1) is 8.74. The summed E-state index contributed by atoms with van der Waals surface area (Å²) in [4.78, 5) is 11.6. The standard InChI is InChI=1S/C12H13BrF3NO2/c1-7-3-4-8(5-9(7)13)10(11(18)19-2)17-6-12(14,15)16/h3-5,10,17H,6H2,1-2H3. The van der Waals surface area contributed by atoms with Crippen LogP contribution in [-0.4, -0.2) is 25.8 Å². The lowest BCUT2D eigenvalue weighted by atomic mass is 10.1. The second-order valence-corrected chi connectivity index (χ2v) is 4.82. The van der Waals surface area contributed by atoms with Crippen molar-refractivity contribution >= 4 is 21.9 Å². The minimum atomic E-state index is -4.39. The van der Waals surface area contributed by atoms with E-state index in [1.54, 1.807) is 18.2 Å². The second-order valence-electron chi connectivity index (χ2n) is 3.96. The number of benzene rings is 1. The summed E-state index contributed by atoms with van der Waals surface area (Å²) < 4.78 is 41.9. The molecule has 0 aliphatic carbocycles. The fraction of sp³-hybridized carbons (Fsp3) is 0.417. The van der Waals surface area contributed by atoms with E-state index >= 15 is 0 Å². The highest BCUT2D eigenvalue weighted by Crippen LogP contribution is 2.24. The average molecular weight is 340 g/mol. The molecule has 0 saturated heterocycles. The molecule has 0 aromatic heterocycles. The van der Waals surface area contributed by atoms with Gasteiger partial charge in [-0.15, -0.1) is 0 Å². The molecule has 1 aromatic carbocycles. The summed E-state index contributed by atoms with van der Waals surface area (Å²) >= 11 is 3.27. The van der Waals surface area contributed by atoms with Crippen LogP contribution in [0.15, 0.2) is 22.7 Å². The Morgan fingerprint density at radius 2 is 2.11 bits per heavy atom. The van der Waals surface area contributed by atoms with Crippen molar-refractivity contribution < 1.29 is 22.7 Å². The van der Waals surface area contributed by atoms with Gasteiger partial charge in [0, 0.05) is 4.47 Å². The van der Waals surface area contributed by atoms with E-state index in [0.29, 0.717) is 10.0 Å². The van der Waals surface area contributed by atoms with Gasteiger partial charge in [0.1, 0.15) is 6.04 Å². The number of carbonyl (C=O) groups excluding carboxylic acids is 1. The third-order valence-corrected chi connectivity index (χ3v) is 3.33. The molecule has 1 N–H and O–H groups in total. The minimum absolute atomic E-state index is 0.411. The van der Waals surface area contributed by atoms with Gasteiger partial charge in [-0.2, -0.15) is 13.2 Å². The van der Waals surface area contributed by atoms with Crippen LogP contribution in [0.5, 0.6) is 0 Å². The quantitative estimate of drug-likeness (QED) is 0.856. The number of aryl methyl sites for hydroxylation is 1. The van der Waals surface area contributed by atoms with E-state index in [-0.39, 0.29) is 0 Å². The number of hydrogen-bond donors (Lipinski definition) is 1. The zero-order chi connectivity index (χ0) is 14.6. The number of halogens is 4. The van der Waals surface area contributed by atoms with Gasteiger partial charge in [0.2, 0.25) is 0 Å². The van der Waals surface area contributed by atoms with Crippen molar-refractivity contribution in [3.63, 3.8) is 0 Å². The van der Waals surface area contributed by atoms with E-state index in [1.165, 1.54) is 0 Å². The van der Waals surface area contributed by atoms with Crippen LogP contribution in [0.1, 0.15) is 17.2 Å². The fourth-order valence-electron chi connectivity index (χ4n) is 1.46. The molecule has 0 aliphatic rings. The van der Waals surface area contributed by atoms with Crippen molar-refractivity contribution in [1.29, 1.82) is 0 Å². The SMILES string of the molecule is COC(=O)C(NCC(F)(F)F)c1ccc(C)c(Br)c1. The number of esters is 1. The highest BCUT2D eigenvalue weighted by molar-refractivity contribution is 9.10. The number of rotatable bonds is 4. The zero-order valence-electron chi connectivity index (χ0n) is 10.3. The highest BCUT2D eigenvalue weighted by atomic mass is 79.9. The number of carbonyl (C=O) groups is 1. The van der Waals surface area contributed by atoms with Crippen LogP contribution in [0.3, 0.4) is 0 Å². The smallest absolute Gasteiger partial charge is 0.401 e. The lowest BCUT2D eigenvalue weighted by Crippen LogP contribution is -2.36. The van der Waals surface area contributed by atoms with Gasteiger partial charge in [0.15, 0.2) is 0 Å². The third kappa shape index (κ3) is 4.83. The molecule has 1 aromatic rings. The van der Waals surface area contributed by atoms with Crippen molar-refractivity contribution in [1.82, 2.24) is 5.32 Å². The van der Waals surface area contributed by atoms with Gasteiger partial charge in [0.05, 0.1) is 13.7 Å². The highest BCUT2D eigenvalue weighted by Gasteiger charge is 2.31. The van der Waals surface area contributed by atoms with Crippen LogP contribution in [0.25, 0.3) is 0 Å². The Morgan fingerprint density at radius 3 is 2.58 bits per heavy atom. The summed E-state index contributed by atoms with van der Waals surface area (Å²) in [6.07, 6.45) is -4.39. The van der Waals surface area contributed by atoms with Crippen molar-refractivity contribution in [2.45, 2.75) is 19.1 Å². The van der Waals surface area contributed by atoms with Crippen molar-refractivity contribution in [2.24, 2.45) is 0 Å². The Bertz CT molecular complexity index is 463. The zero-order valence-corrected chi connectivity index (χ0v) is 11.9. The normalized spacial score (nSPS) is 13.2. The van der Waals surface area contributed by atoms with Crippen molar-refractivity contribution in [3.05, 3.63) is 33.8 Å². The summed E-state index contributed by atoms with van der Waals surface area (Å²) in [5.41, 5.74) is 1.33. The largest absolute Gasteiger partial charge is 0.468 e. The minimum Gasteiger partial charge on any atom is -0.468 e. The lowest BCUT2D eigenvalue weighted by molar-refractivity contribution is -0.146. The maximum absolute atomic E-state index is 12.2. The summed E-state index contributed by atoms with van der Waals surface area (Å²) in [6, 6.07) is 3.75. The number of ether oxygens (including phenoxy) is 1. The molecule has 19 heavy (non-hydrogen) atoms. The van der Waals surface area contributed by atoms with Gasteiger partial charge in [-0.05, 0) is 24.1 Å². The molecular formula is C12H13BrF3NO2. The monoisotopic (exact) mass is 339 g/mol. The lowest BCUT2D eigenvalue weighted by Gasteiger charge is -2.18. The Kier molecular flexibility index (Phi) is 5.37. The van der Waals surface area contributed by atoms with Crippen LogP contribution >= 0.6 is 15.9 Å². The molecule has 7 heteroatoms. The summed E-state index contributed by atoms with van der Waals surface area (Å²) in [6.45, 7) is 0.572. The van der Waals surface area contributed by atoms with Gasteiger partial charge < -0.3 is 4.74 Å². The molecule has 0 radical (unpaired) electrons. The predicted octanol–water partition coefficient (Wildman–Crippen LogP) is 3.12. The van der Waals surface area contributed by atoms with Gasteiger partial charge >= 0.3 is 12.1 Å². The van der Waals surface area contributed by atoms with Crippen LogP contribution in [0.2, 0.25) is 0 Å². The summed E-state index contributed by atoms with van der Waals surface area (Å²) in [5.74, 6) is -0.764. The third-order valence-electron chi connectivity index (χ3n) is 2.47.